The van der Waals surface area contributed by atoms with E-state index in [1.54, 1.807) is 12.3 Å². The standard InChI is InChI=1S/C19H24ClN3O2/c1-2-6-22-11-15(12-23-10-14(20)9-21-23)25-19-8-16-13(7-17(19)22)4-3-5-18(16)24/h3-5,9-10,15,17,19,24H,2,6-8,11-12H2,1H3/t15-,17+,19+/m0/s1. The maximum Gasteiger partial charge on any atom is 0.119 e. The molecule has 134 valence electrons. The van der Waals surface area contributed by atoms with Crippen LogP contribution in [-0.2, 0) is 24.1 Å². The Kier molecular flexibility index (Phi) is 4.71. The molecule has 5 nitrogen and oxygen atoms in total. The number of fused-ring (bicyclic) bond motifs is 2. The van der Waals surface area contributed by atoms with Crippen molar-refractivity contribution in [1.82, 2.24) is 14.7 Å². The van der Waals surface area contributed by atoms with Crippen LogP contribution in [0.2, 0.25) is 5.02 Å². The molecule has 2 heterocycles. The molecular formula is C19H24ClN3O2. The van der Waals surface area contributed by atoms with Crippen LogP contribution in [0.5, 0.6) is 5.75 Å². The number of hydrogen-bond donors (Lipinski definition) is 1. The maximum atomic E-state index is 10.2. The molecule has 3 atom stereocenters. The molecule has 0 amide bonds. The fraction of sp³-hybridized carbons (Fsp3) is 0.526. The molecule has 1 saturated heterocycles. The Balaban J connectivity index is 1.56. The first-order chi connectivity index (χ1) is 12.1. The summed E-state index contributed by atoms with van der Waals surface area (Å²) in [6, 6.07) is 6.22. The molecule has 2 aromatic rings. The predicted octanol–water partition coefficient (Wildman–Crippen LogP) is 2.89. The van der Waals surface area contributed by atoms with Gasteiger partial charge in [-0.15, -0.1) is 0 Å². The van der Waals surface area contributed by atoms with E-state index in [1.807, 2.05) is 16.9 Å². The topological polar surface area (TPSA) is 50.5 Å². The summed E-state index contributed by atoms with van der Waals surface area (Å²) in [7, 11) is 0. The minimum Gasteiger partial charge on any atom is -0.508 e. The molecule has 1 aliphatic heterocycles. The van der Waals surface area contributed by atoms with E-state index in [0.29, 0.717) is 23.4 Å². The van der Waals surface area contributed by atoms with Crippen LogP contribution in [0, 0.1) is 0 Å². The number of nitrogens with zero attached hydrogens (tertiary/aromatic N) is 3. The Morgan fingerprint density at radius 1 is 1.36 bits per heavy atom. The van der Waals surface area contributed by atoms with Gasteiger partial charge < -0.3 is 9.84 Å². The van der Waals surface area contributed by atoms with Crippen LogP contribution in [0.3, 0.4) is 0 Å². The Labute approximate surface area is 153 Å². The van der Waals surface area contributed by atoms with Crippen molar-refractivity contribution >= 4 is 11.6 Å². The number of phenolic OH excluding ortho intramolecular Hbond substituents is 1. The Hall–Kier alpha value is -1.56. The van der Waals surface area contributed by atoms with Gasteiger partial charge in [-0.05, 0) is 36.6 Å². The number of phenols is 1. The van der Waals surface area contributed by atoms with Crippen molar-refractivity contribution < 1.29 is 9.84 Å². The number of aromatic nitrogens is 2. The number of rotatable bonds is 4. The van der Waals surface area contributed by atoms with E-state index < -0.39 is 0 Å². The molecule has 1 aliphatic carbocycles. The normalized spacial score (nSPS) is 26.2. The summed E-state index contributed by atoms with van der Waals surface area (Å²) in [5, 5.41) is 15.2. The van der Waals surface area contributed by atoms with Gasteiger partial charge in [-0.3, -0.25) is 9.58 Å². The number of ether oxygens (including phenoxy) is 1. The zero-order chi connectivity index (χ0) is 17.4. The Morgan fingerprint density at radius 3 is 3.00 bits per heavy atom. The number of benzene rings is 1. The molecule has 0 unspecified atom stereocenters. The minimum absolute atomic E-state index is 0.0798. The summed E-state index contributed by atoms with van der Waals surface area (Å²) in [6.07, 6.45) is 6.51. The van der Waals surface area contributed by atoms with Crippen molar-refractivity contribution in [3.05, 3.63) is 46.7 Å². The summed E-state index contributed by atoms with van der Waals surface area (Å²) in [6.45, 7) is 4.88. The molecule has 1 fully saturated rings. The third-order valence-electron chi connectivity index (χ3n) is 5.29. The van der Waals surface area contributed by atoms with Crippen LogP contribution >= 0.6 is 11.6 Å². The van der Waals surface area contributed by atoms with Gasteiger partial charge in [0, 0.05) is 25.2 Å². The number of hydrogen-bond acceptors (Lipinski definition) is 4. The van der Waals surface area contributed by atoms with E-state index in [1.165, 1.54) is 5.56 Å². The SMILES string of the molecule is CCCN1C[C@@H](Cn2cc(Cl)cn2)O[C@@H]2Cc3c(O)cccc3C[C@H]21. The minimum atomic E-state index is 0.0798. The van der Waals surface area contributed by atoms with Crippen molar-refractivity contribution in [3.63, 3.8) is 0 Å². The van der Waals surface area contributed by atoms with Gasteiger partial charge in [0.2, 0.25) is 0 Å². The molecule has 0 saturated carbocycles. The zero-order valence-electron chi connectivity index (χ0n) is 14.4. The van der Waals surface area contributed by atoms with Crippen molar-refractivity contribution in [1.29, 1.82) is 0 Å². The molecular weight excluding hydrogens is 338 g/mol. The van der Waals surface area contributed by atoms with Crippen LogP contribution in [0.1, 0.15) is 24.5 Å². The van der Waals surface area contributed by atoms with Gasteiger partial charge >= 0.3 is 0 Å². The van der Waals surface area contributed by atoms with Gasteiger partial charge in [0.1, 0.15) is 5.75 Å². The fourth-order valence-electron chi connectivity index (χ4n) is 4.22. The molecule has 1 aromatic carbocycles. The van der Waals surface area contributed by atoms with Gasteiger partial charge in [-0.25, -0.2) is 0 Å². The third kappa shape index (κ3) is 3.41. The van der Waals surface area contributed by atoms with Gasteiger partial charge in [-0.1, -0.05) is 30.7 Å². The second kappa shape index (κ2) is 6.98. The fourth-order valence-corrected chi connectivity index (χ4v) is 4.38. The van der Waals surface area contributed by atoms with Gasteiger partial charge in [0.25, 0.3) is 0 Å². The molecule has 1 N–H and O–H groups in total. The van der Waals surface area contributed by atoms with E-state index in [9.17, 15) is 5.11 Å². The lowest BCUT2D eigenvalue weighted by Gasteiger charge is -2.47. The zero-order valence-corrected chi connectivity index (χ0v) is 15.2. The van der Waals surface area contributed by atoms with E-state index in [0.717, 1.165) is 37.9 Å². The molecule has 2 aliphatic rings. The highest BCUT2D eigenvalue weighted by Crippen LogP contribution is 2.35. The van der Waals surface area contributed by atoms with Crippen molar-refractivity contribution in [2.75, 3.05) is 13.1 Å². The first-order valence-electron chi connectivity index (χ1n) is 9.01. The number of aromatic hydroxyl groups is 1. The van der Waals surface area contributed by atoms with Crippen LogP contribution in [0.4, 0.5) is 0 Å². The lowest BCUT2D eigenvalue weighted by molar-refractivity contribution is -0.128. The summed E-state index contributed by atoms with van der Waals surface area (Å²) >= 11 is 5.98. The maximum absolute atomic E-state index is 10.2. The van der Waals surface area contributed by atoms with E-state index in [2.05, 4.69) is 23.0 Å². The molecule has 6 heteroatoms. The van der Waals surface area contributed by atoms with Crippen LogP contribution < -0.4 is 0 Å². The van der Waals surface area contributed by atoms with E-state index in [-0.39, 0.29) is 12.2 Å². The molecule has 0 bridgehead atoms. The summed E-state index contributed by atoms with van der Waals surface area (Å²) in [5.41, 5.74) is 2.30. The highest BCUT2D eigenvalue weighted by Gasteiger charge is 2.40. The number of halogens is 1. The van der Waals surface area contributed by atoms with Gasteiger partial charge in [-0.2, -0.15) is 5.10 Å². The van der Waals surface area contributed by atoms with Crippen molar-refractivity contribution in [2.24, 2.45) is 0 Å². The molecule has 1 aromatic heterocycles. The molecule has 4 rings (SSSR count). The Morgan fingerprint density at radius 2 is 2.24 bits per heavy atom. The molecule has 0 spiro atoms. The lowest BCUT2D eigenvalue weighted by Crippen LogP contribution is -2.58. The quantitative estimate of drug-likeness (QED) is 0.909. The highest BCUT2D eigenvalue weighted by molar-refractivity contribution is 6.30. The largest absolute Gasteiger partial charge is 0.508 e. The average Bonchev–Trinajstić information content (AvgIpc) is 2.99. The van der Waals surface area contributed by atoms with Crippen molar-refractivity contribution in [3.8, 4) is 5.75 Å². The monoisotopic (exact) mass is 361 g/mol. The lowest BCUT2D eigenvalue weighted by atomic mass is 9.83. The summed E-state index contributed by atoms with van der Waals surface area (Å²) in [5.74, 6) is 0.391. The van der Waals surface area contributed by atoms with Crippen LogP contribution in [0.25, 0.3) is 0 Å². The van der Waals surface area contributed by atoms with Gasteiger partial charge in [0.05, 0.1) is 30.0 Å². The van der Waals surface area contributed by atoms with Crippen LogP contribution in [-0.4, -0.2) is 51.1 Å². The second-order valence-corrected chi connectivity index (χ2v) is 7.50. The van der Waals surface area contributed by atoms with E-state index in [4.69, 9.17) is 16.3 Å². The Bertz CT molecular complexity index is 748. The second-order valence-electron chi connectivity index (χ2n) is 7.06. The van der Waals surface area contributed by atoms with Gasteiger partial charge in [0.15, 0.2) is 0 Å². The first-order valence-corrected chi connectivity index (χ1v) is 9.39. The van der Waals surface area contributed by atoms with E-state index >= 15 is 0 Å². The molecule has 25 heavy (non-hydrogen) atoms. The summed E-state index contributed by atoms with van der Waals surface area (Å²) < 4.78 is 8.29. The smallest absolute Gasteiger partial charge is 0.119 e. The third-order valence-corrected chi connectivity index (χ3v) is 5.48. The number of morpholine rings is 1. The molecule has 0 radical (unpaired) electrons. The first kappa shape index (κ1) is 16.9. The highest BCUT2D eigenvalue weighted by atomic mass is 35.5. The predicted molar refractivity (Wildman–Crippen MR) is 97.1 cm³/mol. The van der Waals surface area contributed by atoms with Crippen LogP contribution in [0.15, 0.2) is 30.6 Å². The average molecular weight is 362 g/mol. The van der Waals surface area contributed by atoms with Crippen molar-refractivity contribution in [2.45, 2.75) is 51.0 Å². The summed E-state index contributed by atoms with van der Waals surface area (Å²) in [4.78, 5) is 2.55.